The molecule has 5 rings (SSSR count). The van der Waals surface area contributed by atoms with E-state index in [9.17, 15) is 14.9 Å². The predicted octanol–water partition coefficient (Wildman–Crippen LogP) is 5.25. The van der Waals surface area contributed by atoms with E-state index >= 15 is 0 Å². The lowest BCUT2D eigenvalue weighted by Crippen LogP contribution is -2.32. The third-order valence-corrected chi connectivity index (χ3v) is 6.46. The molecule has 1 aliphatic heterocycles. The maximum atomic E-state index is 13.7. The number of hydrazone groups is 1. The molecule has 172 valence electrons. The van der Waals surface area contributed by atoms with Gasteiger partial charge >= 0.3 is 11.6 Å². The molecular weight excluding hydrogens is 430 g/mol. The van der Waals surface area contributed by atoms with E-state index in [1.54, 1.807) is 0 Å². The van der Waals surface area contributed by atoms with Crippen molar-refractivity contribution in [2.75, 3.05) is 0 Å². The quantitative estimate of drug-likeness (QED) is 0.388. The molecule has 8 heteroatoms. The fourth-order valence-corrected chi connectivity index (χ4v) is 4.87. The molecule has 2 aromatic carbocycles. The van der Waals surface area contributed by atoms with Crippen molar-refractivity contribution in [1.82, 2.24) is 14.8 Å². The summed E-state index contributed by atoms with van der Waals surface area (Å²) >= 11 is 0. The summed E-state index contributed by atoms with van der Waals surface area (Å²) in [7, 11) is 0. The fourth-order valence-electron chi connectivity index (χ4n) is 4.87. The number of benzene rings is 2. The fraction of sp³-hybridized carbons (Fsp3) is 0.269. The third-order valence-electron chi connectivity index (χ3n) is 6.46. The number of aromatic nitrogens is 2. The summed E-state index contributed by atoms with van der Waals surface area (Å²) in [5.74, 6) is -0.531. The number of aryl methyl sites for hydroxylation is 1. The Morgan fingerprint density at radius 1 is 1.15 bits per heavy atom. The second-order valence-electron chi connectivity index (χ2n) is 8.55. The number of allylic oxidation sites excluding steroid dienone is 1. The van der Waals surface area contributed by atoms with Gasteiger partial charge in [-0.1, -0.05) is 60.7 Å². The molecule has 0 spiro atoms. The number of carbonyl (C=O) groups excluding carboxylic acids is 1. The third kappa shape index (κ3) is 3.91. The van der Waals surface area contributed by atoms with Crippen LogP contribution in [0.1, 0.15) is 53.8 Å². The van der Waals surface area contributed by atoms with Crippen molar-refractivity contribution in [2.45, 2.75) is 38.8 Å². The van der Waals surface area contributed by atoms with Crippen molar-refractivity contribution in [3.8, 4) is 0 Å². The molecule has 1 aromatic heterocycles. The lowest BCUT2D eigenvalue weighted by atomic mass is 9.77. The first-order valence-electron chi connectivity index (χ1n) is 11.5. The highest BCUT2D eigenvalue weighted by Crippen LogP contribution is 2.45. The van der Waals surface area contributed by atoms with Crippen molar-refractivity contribution in [2.24, 2.45) is 11.0 Å². The highest BCUT2D eigenvalue weighted by Gasteiger charge is 2.45. The number of nitro groups is 1. The molecule has 34 heavy (non-hydrogen) atoms. The average molecular weight is 456 g/mol. The smallest absolute Gasteiger partial charge is 0.265 e. The Morgan fingerprint density at radius 3 is 2.53 bits per heavy atom. The topological polar surface area (TPSA) is 93.6 Å². The highest BCUT2D eigenvalue weighted by molar-refractivity contribution is 6.09. The zero-order chi connectivity index (χ0) is 23.7. The molecule has 8 nitrogen and oxygen atoms in total. The Morgan fingerprint density at radius 2 is 1.85 bits per heavy atom. The first-order valence-corrected chi connectivity index (χ1v) is 11.5. The van der Waals surface area contributed by atoms with Gasteiger partial charge in [-0.15, -0.1) is 0 Å². The van der Waals surface area contributed by atoms with Gasteiger partial charge in [0.15, 0.2) is 0 Å². The second kappa shape index (κ2) is 9.05. The lowest BCUT2D eigenvalue weighted by Gasteiger charge is -2.29. The van der Waals surface area contributed by atoms with Crippen LogP contribution in [0, 0.1) is 16.0 Å². The van der Waals surface area contributed by atoms with Crippen LogP contribution in [0.5, 0.6) is 0 Å². The van der Waals surface area contributed by atoms with Crippen LogP contribution >= 0.6 is 0 Å². The summed E-state index contributed by atoms with van der Waals surface area (Å²) in [5, 5.41) is 22.1. The largest absolute Gasteiger partial charge is 0.320 e. The molecule has 1 fully saturated rings. The summed E-state index contributed by atoms with van der Waals surface area (Å²) in [6, 6.07) is 19.5. The van der Waals surface area contributed by atoms with E-state index in [2.05, 4.69) is 11.2 Å². The van der Waals surface area contributed by atoms with Gasteiger partial charge in [0.1, 0.15) is 6.20 Å². The van der Waals surface area contributed by atoms with Crippen LogP contribution in [0.25, 0.3) is 6.08 Å². The normalized spacial score (nSPS) is 20.8. The monoisotopic (exact) mass is 455 g/mol. The van der Waals surface area contributed by atoms with Gasteiger partial charge in [-0.05, 0) is 49.0 Å². The van der Waals surface area contributed by atoms with E-state index in [-0.39, 0.29) is 23.3 Å². The Balaban J connectivity index is 1.61. The first kappa shape index (κ1) is 21.8. The standard InChI is InChI=1S/C26H25N5O3/c1-2-29-17-22(31(33)34)24(27-29)26(32)30-25(19-12-7-4-8-13-19)21-15-9-14-20(23(21)28-30)16-18-10-5-3-6-11-18/h3-8,10-13,16-17,21,25H,2,9,14-15H2,1H3/b20-16-. The van der Waals surface area contributed by atoms with Crippen molar-refractivity contribution in [3.05, 3.63) is 99.4 Å². The van der Waals surface area contributed by atoms with Crippen molar-refractivity contribution in [3.63, 3.8) is 0 Å². The van der Waals surface area contributed by atoms with Crippen LogP contribution in [0.3, 0.4) is 0 Å². The predicted molar refractivity (Wildman–Crippen MR) is 129 cm³/mol. The number of amides is 1. The molecule has 1 aliphatic carbocycles. The summed E-state index contributed by atoms with van der Waals surface area (Å²) in [5.41, 5.74) is 3.55. The van der Waals surface area contributed by atoms with Gasteiger partial charge in [0, 0.05) is 12.5 Å². The van der Waals surface area contributed by atoms with Gasteiger partial charge in [-0.2, -0.15) is 10.2 Å². The summed E-state index contributed by atoms with van der Waals surface area (Å²) in [4.78, 5) is 24.8. The molecule has 2 unspecified atom stereocenters. The molecule has 1 amide bonds. The van der Waals surface area contributed by atoms with Crippen LogP contribution in [-0.2, 0) is 6.54 Å². The van der Waals surface area contributed by atoms with Crippen LogP contribution in [0.2, 0.25) is 0 Å². The van der Waals surface area contributed by atoms with Gasteiger partial charge in [0.05, 0.1) is 16.7 Å². The Kier molecular flexibility index (Phi) is 5.79. The zero-order valence-electron chi connectivity index (χ0n) is 18.9. The lowest BCUT2D eigenvalue weighted by molar-refractivity contribution is -0.385. The number of rotatable bonds is 5. The van der Waals surface area contributed by atoms with Gasteiger partial charge < -0.3 is 0 Å². The minimum Gasteiger partial charge on any atom is -0.265 e. The van der Waals surface area contributed by atoms with E-state index in [1.165, 1.54) is 15.9 Å². The molecule has 0 radical (unpaired) electrons. The molecule has 0 N–H and O–H groups in total. The second-order valence-corrected chi connectivity index (χ2v) is 8.55. The summed E-state index contributed by atoms with van der Waals surface area (Å²) in [6.07, 6.45) is 6.19. The number of fused-ring (bicyclic) bond motifs is 1. The van der Waals surface area contributed by atoms with Crippen LogP contribution < -0.4 is 0 Å². The molecule has 0 bridgehead atoms. The molecule has 0 saturated heterocycles. The Bertz CT molecular complexity index is 1280. The molecule has 2 heterocycles. The number of hydrogen-bond acceptors (Lipinski definition) is 5. The van der Waals surface area contributed by atoms with E-state index < -0.39 is 10.8 Å². The SMILES string of the molecule is CCn1cc([N+](=O)[O-])c(C(=O)N2N=C3/C(=C\c4ccccc4)CCCC3C2c2ccccc2)n1. The Labute approximate surface area is 197 Å². The highest BCUT2D eigenvalue weighted by atomic mass is 16.6. The maximum absolute atomic E-state index is 13.7. The molecule has 2 aliphatic rings. The van der Waals surface area contributed by atoms with Gasteiger partial charge in [-0.25, -0.2) is 5.01 Å². The minimum atomic E-state index is -0.555. The van der Waals surface area contributed by atoms with Crippen molar-refractivity contribution < 1.29 is 9.72 Å². The van der Waals surface area contributed by atoms with E-state index in [0.717, 1.165) is 41.7 Å². The Hall–Kier alpha value is -4.07. The zero-order valence-corrected chi connectivity index (χ0v) is 18.9. The first-order chi connectivity index (χ1) is 16.6. The molecule has 1 saturated carbocycles. The van der Waals surface area contributed by atoms with E-state index in [4.69, 9.17) is 5.10 Å². The molecular formula is C26H25N5O3. The van der Waals surface area contributed by atoms with Crippen LogP contribution in [0.15, 0.2) is 77.5 Å². The molecule has 2 atom stereocenters. The van der Waals surface area contributed by atoms with E-state index in [1.807, 2.05) is 67.6 Å². The van der Waals surface area contributed by atoms with E-state index in [0.29, 0.717) is 6.54 Å². The summed E-state index contributed by atoms with van der Waals surface area (Å²) < 4.78 is 1.42. The average Bonchev–Trinajstić information content (AvgIpc) is 3.48. The number of nitrogens with zero attached hydrogens (tertiary/aromatic N) is 5. The van der Waals surface area contributed by atoms with Gasteiger partial charge in [0.25, 0.3) is 0 Å². The number of hydrogen-bond donors (Lipinski definition) is 0. The minimum absolute atomic E-state index is 0.0161. The van der Waals surface area contributed by atoms with Crippen molar-refractivity contribution in [1.29, 1.82) is 0 Å². The van der Waals surface area contributed by atoms with Gasteiger partial charge in [0.2, 0.25) is 5.69 Å². The van der Waals surface area contributed by atoms with Crippen molar-refractivity contribution >= 4 is 23.4 Å². The summed E-state index contributed by atoms with van der Waals surface area (Å²) in [6.45, 7) is 2.25. The maximum Gasteiger partial charge on any atom is 0.320 e. The number of carbonyl (C=O) groups is 1. The van der Waals surface area contributed by atoms with Gasteiger partial charge in [-0.3, -0.25) is 19.6 Å². The van der Waals surface area contributed by atoms with Crippen LogP contribution in [0.4, 0.5) is 5.69 Å². The van der Waals surface area contributed by atoms with Crippen LogP contribution in [-0.4, -0.2) is 31.3 Å². The molecule has 3 aromatic rings.